The van der Waals surface area contributed by atoms with Crippen molar-refractivity contribution in [1.29, 1.82) is 0 Å². The molecule has 0 N–H and O–H groups in total. The number of rotatable bonds is 12. The predicted octanol–water partition coefficient (Wildman–Crippen LogP) is 5.74. The van der Waals surface area contributed by atoms with E-state index in [2.05, 4.69) is 65.9 Å². The van der Waals surface area contributed by atoms with Crippen molar-refractivity contribution in [2.24, 2.45) is 0 Å². The number of likely N-dealkylation sites (N-methyl/N-ethyl adjacent to an activating group) is 1. The molecule has 4 nitrogen and oxygen atoms in total. The molecule has 0 atom stereocenters. The standard InChI is InChI=1S/C29H41N3O/c1-4-6-18-32(19-7-5-2)28-15-12-26(13-16-28)29(33)17-14-25-10-8-9-11-27(25)24-31-22-20-30(3)21-23-31/h8-17H,4-7,18-24H2,1-3H3. The molecule has 4 heteroatoms. The summed E-state index contributed by atoms with van der Waals surface area (Å²) in [5.41, 5.74) is 4.38. The highest BCUT2D eigenvalue weighted by Crippen LogP contribution is 2.19. The van der Waals surface area contributed by atoms with Gasteiger partial charge >= 0.3 is 0 Å². The molecule has 0 amide bonds. The SMILES string of the molecule is CCCCN(CCCC)c1ccc(C(=O)C=Cc2ccccc2CN2CCN(C)CC2)cc1. The van der Waals surface area contributed by atoms with Crippen molar-refractivity contribution in [2.75, 3.05) is 51.2 Å². The number of carbonyl (C=O) groups excluding carboxylic acids is 1. The topological polar surface area (TPSA) is 26.8 Å². The number of hydrogen-bond acceptors (Lipinski definition) is 4. The molecule has 0 saturated carbocycles. The molecule has 1 aliphatic rings. The Kier molecular flexibility index (Phi) is 10.2. The Morgan fingerprint density at radius 3 is 2.18 bits per heavy atom. The molecule has 0 aromatic heterocycles. The maximum absolute atomic E-state index is 12.9. The van der Waals surface area contributed by atoms with E-state index in [9.17, 15) is 4.79 Å². The Bertz CT molecular complexity index is 874. The quantitative estimate of drug-likeness (QED) is 0.306. The second-order valence-electron chi connectivity index (χ2n) is 9.22. The zero-order chi connectivity index (χ0) is 23.5. The van der Waals surface area contributed by atoms with Crippen molar-refractivity contribution in [3.63, 3.8) is 0 Å². The van der Waals surface area contributed by atoms with Crippen molar-refractivity contribution in [2.45, 2.75) is 46.1 Å². The van der Waals surface area contributed by atoms with Gasteiger partial charge in [-0.3, -0.25) is 9.69 Å². The van der Waals surface area contributed by atoms with Gasteiger partial charge in [-0.15, -0.1) is 0 Å². The van der Waals surface area contributed by atoms with Gasteiger partial charge in [0.1, 0.15) is 0 Å². The van der Waals surface area contributed by atoms with Gasteiger partial charge in [0.25, 0.3) is 0 Å². The van der Waals surface area contributed by atoms with E-state index in [0.29, 0.717) is 0 Å². The first-order chi connectivity index (χ1) is 16.1. The lowest BCUT2D eigenvalue weighted by molar-refractivity contribution is 0.104. The van der Waals surface area contributed by atoms with Crippen LogP contribution in [0, 0.1) is 0 Å². The highest BCUT2D eigenvalue weighted by atomic mass is 16.1. The Hall–Kier alpha value is -2.43. The van der Waals surface area contributed by atoms with Crippen molar-refractivity contribution in [3.8, 4) is 0 Å². The normalized spacial score (nSPS) is 15.2. The minimum Gasteiger partial charge on any atom is -0.372 e. The van der Waals surface area contributed by atoms with E-state index in [-0.39, 0.29) is 5.78 Å². The smallest absolute Gasteiger partial charge is 0.185 e. The van der Waals surface area contributed by atoms with Crippen LogP contribution in [0.15, 0.2) is 54.6 Å². The van der Waals surface area contributed by atoms with Gasteiger partial charge in [-0.25, -0.2) is 0 Å². The summed E-state index contributed by atoms with van der Waals surface area (Å²) in [6.45, 7) is 12.0. The van der Waals surface area contributed by atoms with Crippen LogP contribution in [-0.4, -0.2) is 61.9 Å². The number of carbonyl (C=O) groups is 1. The van der Waals surface area contributed by atoms with E-state index in [1.807, 2.05) is 24.3 Å². The highest BCUT2D eigenvalue weighted by molar-refractivity contribution is 6.07. The van der Waals surface area contributed by atoms with Gasteiger partial charge in [0, 0.05) is 57.1 Å². The third kappa shape index (κ3) is 7.83. The number of anilines is 1. The van der Waals surface area contributed by atoms with Gasteiger partial charge in [0.15, 0.2) is 5.78 Å². The Balaban J connectivity index is 1.64. The molecule has 2 aromatic rings. The number of unbranched alkanes of at least 4 members (excludes halogenated alkanes) is 2. The third-order valence-corrected chi connectivity index (χ3v) is 6.54. The minimum absolute atomic E-state index is 0.0598. The zero-order valence-corrected chi connectivity index (χ0v) is 20.8. The first-order valence-electron chi connectivity index (χ1n) is 12.7. The van der Waals surface area contributed by atoms with Crippen LogP contribution < -0.4 is 4.90 Å². The first-order valence-corrected chi connectivity index (χ1v) is 12.7. The monoisotopic (exact) mass is 447 g/mol. The van der Waals surface area contributed by atoms with Crippen LogP contribution in [0.3, 0.4) is 0 Å². The van der Waals surface area contributed by atoms with Gasteiger partial charge < -0.3 is 9.80 Å². The van der Waals surface area contributed by atoms with Gasteiger partial charge in [-0.2, -0.15) is 0 Å². The summed E-state index contributed by atoms with van der Waals surface area (Å²) >= 11 is 0. The van der Waals surface area contributed by atoms with Crippen LogP contribution in [-0.2, 0) is 6.54 Å². The molecule has 0 bridgehead atoms. The minimum atomic E-state index is 0.0598. The average molecular weight is 448 g/mol. The molecule has 0 unspecified atom stereocenters. The first kappa shape index (κ1) is 25.2. The van der Waals surface area contributed by atoms with E-state index < -0.39 is 0 Å². The van der Waals surface area contributed by atoms with E-state index in [0.717, 1.165) is 56.9 Å². The zero-order valence-electron chi connectivity index (χ0n) is 20.8. The predicted molar refractivity (Wildman–Crippen MR) is 141 cm³/mol. The highest BCUT2D eigenvalue weighted by Gasteiger charge is 2.15. The summed E-state index contributed by atoms with van der Waals surface area (Å²) in [5.74, 6) is 0.0598. The molecular formula is C29H41N3O. The van der Waals surface area contributed by atoms with Gasteiger partial charge in [0.2, 0.25) is 0 Å². The van der Waals surface area contributed by atoms with Crippen LogP contribution >= 0.6 is 0 Å². The largest absolute Gasteiger partial charge is 0.372 e. The van der Waals surface area contributed by atoms with Crippen LogP contribution in [0.1, 0.15) is 61.0 Å². The molecule has 0 radical (unpaired) electrons. The Morgan fingerprint density at radius 1 is 0.909 bits per heavy atom. The summed E-state index contributed by atoms with van der Waals surface area (Å²) in [7, 11) is 2.18. The van der Waals surface area contributed by atoms with Crippen molar-refractivity contribution in [1.82, 2.24) is 9.80 Å². The summed E-state index contributed by atoms with van der Waals surface area (Å²) in [6, 6.07) is 16.6. The summed E-state index contributed by atoms with van der Waals surface area (Å²) in [6.07, 6.45) is 8.49. The molecule has 1 heterocycles. The molecule has 2 aromatic carbocycles. The van der Waals surface area contributed by atoms with Crippen LogP contribution in [0.25, 0.3) is 6.08 Å². The number of piperazine rings is 1. The van der Waals surface area contributed by atoms with Crippen molar-refractivity contribution < 1.29 is 4.79 Å². The Labute approximate surface area is 200 Å². The summed E-state index contributed by atoms with van der Waals surface area (Å²) in [4.78, 5) is 20.2. The summed E-state index contributed by atoms with van der Waals surface area (Å²) < 4.78 is 0. The molecule has 0 aliphatic carbocycles. The molecule has 1 fully saturated rings. The van der Waals surface area contributed by atoms with Crippen LogP contribution in [0.4, 0.5) is 5.69 Å². The molecule has 1 aliphatic heterocycles. The average Bonchev–Trinajstić information content (AvgIpc) is 2.85. The van der Waals surface area contributed by atoms with E-state index in [1.165, 1.54) is 36.9 Å². The van der Waals surface area contributed by atoms with E-state index in [1.54, 1.807) is 6.08 Å². The summed E-state index contributed by atoms with van der Waals surface area (Å²) in [5, 5.41) is 0. The van der Waals surface area contributed by atoms with E-state index >= 15 is 0 Å². The van der Waals surface area contributed by atoms with Crippen LogP contribution in [0.2, 0.25) is 0 Å². The van der Waals surface area contributed by atoms with E-state index in [4.69, 9.17) is 0 Å². The third-order valence-electron chi connectivity index (χ3n) is 6.54. The molecule has 3 rings (SSSR count). The number of hydrogen-bond donors (Lipinski definition) is 0. The van der Waals surface area contributed by atoms with Gasteiger partial charge in [-0.1, -0.05) is 57.0 Å². The fraction of sp³-hybridized carbons (Fsp3) is 0.483. The number of allylic oxidation sites excluding steroid dienone is 1. The molecule has 0 spiro atoms. The molecule has 33 heavy (non-hydrogen) atoms. The maximum atomic E-state index is 12.9. The number of benzene rings is 2. The molecule has 178 valence electrons. The fourth-order valence-electron chi connectivity index (χ4n) is 4.25. The number of nitrogens with zero attached hydrogens (tertiary/aromatic N) is 3. The number of ketones is 1. The maximum Gasteiger partial charge on any atom is 0.185 e. The van der Waals surface area contributed by atoms with Gasteiger partial charge in [-0.05, 0) is 61.4 Å². The van der Waals surface area contributed by atoms with Crippen molar-refractivity contribution in [3.05, 3.63) is 71.3 Å². The van der Waals surface area contributed by atoms with Crippen molar-refractivity contribution >= 4 is 17.5 Å². The lowest BCUT2D eigenvalue weighted by atomic mass is 10.0. The molecule has 1 saturated heterocycles. The second-order valence-corrected chi connectivity index (χ2v) is 9.22. The fourth-order valence-corrected chi connectivity index (χ4v) is 4.25. The lowest BCUT2D eigenvalue weighted by Gasteiger charge is -2.32. The Morgan fingerprint density at radius 2 is 1.55 bits per heavy atom. The molecular weight excluding hydrogens is 406 g/mol. The van der Waals surface area contributed by atoms with Gasteiger partial charge in [0.05, 0.1) is 0 Å². The lowest BCUT2D eigenvalue weighted by Crippen LogP contribution is -2.43. The second kappa shape index (κ2) is 13.3. The van der Waals surface area contributed by atoms with Crippen LogP contribution in [0.5, 0.6) is 0 Å².